The number of aliphatic carboxylic acids is 1. The number of ether oxygens (including phenoxy) is 1. The zero-order valence-electron chi connectivity index (χ0n) is 23.6. The minimum atomic E-state index is -1.03. The molecule has 0 aliphatic carbocycles. The maximum absolute atomic E-state index is 12.2. The van der Waals surface area contributed by atoms with Gasteiger partial charge in [0, 0.05) is 12.8 Å². The largest absolute Gasteiger partial charge is 0.480 e. The Kier molecular flexibility index (Phi) is 25.3. The Balaban J connectivity index is 3.61. The molecule has 1 atom stereocenters. The van der Waals surface area contributed by atoms with Crippen LogP contribution in [0.25, 0.3) is 0 Å². The van der Waals surface area contributed by atoms with Gasteiger partial charge in [-0.2, -0.15) is 0 Å². The van der Waals surface area contributed by atoms with Crippen LogP contribution >= 0.6 is 0 Å². The third-order valence-corrected chi connectivity index (χ3v) is 6.76. The number of carboxylic acids is 1. The third kappa shape index (κ3) is 25.5. The van der Waals surface area contributed by atoms with Crippen LogP contribution in [-0.2, 0) is 19.1 Å². The summed E-state index contributed by atoms with van der Waals surface area (Å²) in [6.07, 6.45) is 25.7. The number of esters is 1. The SMILES string of the molecule is CCCCCCCCCCCCCCCCCC(=O)OC(CCC)CCCCCC(=O)NCC(=O)O. The standard InChI is InChI=1S/C30H57NO5/c1-3-5-6-7-8-9-10-11-12-13-14-15-16-17-21-25-30(35)36-27(22-4-2)23-19-18-20-24-28(32)31-26-29(33)34/h27H,3-26H2,1-2H3,(H,31,32)(H,33,34). The summed E-state index contributed by atoms with van der Waals surface area (Å²) in [5.74, 6) is -1.33. The van der Waals surface area contributed by atoms with Gasteiger partial charge in [-0.05, 0) is 32.1 Å². The molecule has 0 heterocycles. The highest BCUT2D eigenvalue weighted by atomic mass is 16.5. The maximum Gasteiger partial charge on any atom is 0.322 e. The molecule has 0 bridgehead atoms. The Morgan fingerprint density at radius 1 is 0.611 bits per heavy atom. The van der Waals surface area contributed by atoms with Crippen molar-refractivity contribution in [2.75, 3.05) is 6.54 Å². The number of nitrogens with one attached hydrogen (secondary N) is 1. The minimum absolute atomic E-state index is 0.0281. The van der Waals surface area contributed by atoms with Gasteiger partial charge in [-0.15, -0.1) is 0 Å². The Labute approximate surface area is 221 Å². The molecule has 0 fully saturated rings. The molecular formula is C30H57NO5. The van der Waals surface area contributed by atoms with E-state index in [0.717, 1.165) is 51.4 Å². The van der Waals surface area contributed by atoms with Gasteiger partial charge >= 0.3 is 11.9 Å². The first-order valence-electron chi connectivity index (χ1n) is 15.2. The fourth-order valence-corrected chi connectivity index (χ4v) is 4.57. The molecule has 2 N–H and O–H groups in total. The molecule has 36 heavy (non-hydrogen) atoms. The molecule has 1 unspecified atom stereocenters. The number of unbranched alkanes of at least 4 members (excludes halogenated alkanes) is 16. The zero-order valence-corrected chi connectivity index (χ0v) is 23.6. The topological polar surface area (TPSA) is 92.7 Å². The van der Waals surface area contributed by atoms with Gasteiger partial charge in [0.05, 0.1) is 0 Å². The summed E-state index contributed by atoms with van der Waals surface area (Å²) in [4.78, 5) is 34.2. The summed E-state index contributed by atoms with van der Waals surface area (Å²) >= 11 is 0. The number of amides is 1. The summed E-state index contributed by atoms with van der Waals surface area (Å²) in [5.41, 5.74) is 0. The lowest BCUT2D eigenvalue weighted by atomic mass is 10.0. The Morgan fingerprint density at radius 3 is 1.58 bits per heavy atom. The summed E-state index contributed by atoms with van der Waals surface area (Å²) in [6, 6.07) is 0. The van der Waals surface area contributed by atoms with Gasteiger partial charge in [0.2, 0.25) is 5.91 Å². The van der Waals surface area contributed by atoms with E-state index in [9.17, 15) is 14.4 Å². The Morgan fingerprint density at radius 2 is 1.08 bits per heavy atom. The van der Waals surface area contributed by atoms with Crippen LogP contribution in [-0.4, -0.2) is 35.6 Å². The van der Waals surface area contributed by atoms with Crippen molar-refractivity contribution < 1.29 is 24.2 Å². The molecule has 0 aromatic rings. The first-order valence-corrected chi connectivity index (χ1v) is 15.2. The van der Waals surface area contributed by atoms with Gasteiger partial charge < -0.3 is 15.2 Å². The van der Waals surface area contributed by atoms with Gasteiger partial charge in [-0.3, -0.25) is 14.4 Å². The average Bonchev–Trinajstić information content (AvgIpc) is 2.85. The van der Waals surface area contributed by atoms with Crippen LogP contribution in [0.1, 0.15) is 162 Å². The van der Waals surface area contributed by atoms with Crippen molar-refractivity contribution in [2.24, 2.45) is 0 Å². The molecule has 1 amide bonds. The van der Waals surface area contributed by atoms with Crippen LogP contribution in [0, 0.1) is 0 Å². The van der Waals surface area contributed by atoms with Crippen LogP contribution in [0.4, 0.5) is 0 Å². The normalized spacial score (nSPS) is 11.8. The van der Waals surface area contributed by atoms with E-state index in [-0.39, 0.29) is 24.5 Å². The maximum atomic E-state index is 12.2. The third-order valence-electron chi connectivity index (χ3n) is 6.76. The second kappa shape index (κ2) is 26.5. The molecule has 0 spiro atoms. The van der Waals surface area contributed by atoms with E-state index in [4.69, 9.17) is 9.84 Å². The lowest BCUT2D eigenvalue weighted by Crippen LogP contribution is -2.28. The Bertz CT molecular complexity index is 537. The van der Waals surface area contributed by atoms with Crippen LogP contribution < -0.4 is 5.32 Å². The van der Waals surface area contributed by atoms with Crippen molar-refractivity contribution >= 4 is 17.8 Å². The highest BCUT2D eigenvalue weighted by Crippen LogP contribution is 2.16. The predicted molar refractivity (Wildman–Crippen MR) is 148 cm³/mol. The van der Waals surface area contributed by atoms with Crippen molar-refractivity contribution in [3.63, 3.8) is 0 Å². The first-order chi connectivity index (χ1) is 17.5. The minimum Gasteiger partial charge on any atom is -0.480 e. The second-order valence-electron chi connectivity index (χ2n) is 10.4. The summed E-state index contributed by atoms with van der Waals surface area (Å²) in [5, 5.41) is 10.9. The molecule has 0 saturated heterocycles. The van der Waals surface area contributed by atoms with Crippen molar-refractivity contribution in [2.45, 2.75) is 168 Å². The van der Waals surface area contributed by atoms with Gasteiger partial charge in [0.15, 0.2) is 0 Å². The summed E-state index contributed by atoms with van der Waals surface area (Å²) in [6.45, 7) is 4.04. The average molecular weight is 512 g/mol. The van der Waals surface area contributed by atoms with E-state index in [1.54, 1.807) is 0 Å². The van der Waals surface area contributed by atoms with Crippen LogP contribution in [0.5, 0.6) is 0 Å². The molecule has 6 nitrogen and oxygen atoms in total. The van der Waals surface area contributed by atoms with Crippen molar-refractivity contribution in [1.29, 1.82) is 0 Å². The molecule has 0 rings (SSSR count). The molecule has 0 aliphatic heterocycles. The molecular weight excluding hydrogens is 454 g/mol. The molecule has 0 aliphatic rings. The van der Waals surface area contributed by atoms with E-state index < -0.39 is 5.97 Å². The lowest BCUT2D eigenvalue weighted by molar-refractivity contribution is -0.150. The molecule has 0 aromatic carbocycles. The lowest BCUT2D eigenvalue weighted by Gasteiger charge is -2.17. The molecule has 6 heteroatoms. The molecule has 0 saturated carbocycles. The second-order valence-corrected chi connectivity index (χ2v) is 10.4. The number of hydrogen-bond donors (Lipinski definition) is 2. The highest BCUT2D eigenvalue weighted by Gasteiger charge is 2.13. The number of rotatable bonds is 27. The highest BCUT2D eigenvalue weighted by molar-refractivity contribution is 5.80. The van der Waals surface area contributed by atoms with E-state index in [1.807, 2.05) is 0 Å². The number of carboxylic acid groups (broad SMARTS) is 1. The van der Waals surface area contributed by atoms with Gasteiger partial charge in [-0.1, -0.05) is 117 Å². The van der Waals surface area contributed by atoms with Crippen LogP contribution in [0.3, 0.4) is 0 Å². The molecule has 0 radical (unpaired) electrons. The van der Waals surface area contributed by atoms with Crippen molar-refractivity contribution in [1.82, 2.24) is 5.32 Å². The van der Waals surface area contributed by atoms with Gasteiger partial charge in [0.25, 0.3) is 0 Å². The quantitative estimate of drug-likeness (QED) is 0.0858. The van der Waals surface area contributed by atoms with E-state index in [2.05, 4.69) is 19.2 Å². The van der Waals surface area contributed by atoms with E-state index >= 15 is 0 Å². The van der Waals surface area contributed by atoms with E-state index in [1.165, 1.54) is 83.5 Å². The summed E-state index contributed by atoms with van der Waals surface area (Å²) in [7, 11) is 0. The molecule has 212 valence electrons. The van der Waals surface area contributed by atoms with Crippen molar-refractivity contribution in [3.05, 3.63) is 0 Å². The fourth-order valence-electron chi connectivity index (χ4n) is 4.57. The van der Waals surface area contributed by atoms with E-state index in [0.29, 0.717) is 12.8 Å². The smallest absolute Gasteiger partial charge is 0.322 e. The Hall–Kier alpha value is -1.59. The van der Waals surface area contributed by atoms with Crippen molar-refractivity contribution in [3.8, 4) is 0 Å². The molecule has 0 aromatic heterocycles. The zero-order chi connectivity index (χ0) is 26.7. The van der Waals surface area contributed by atoms with Gasteiger partial charge in [-0.25, -0.2) is 0 Å². The van der Waals surface area contributed by atoms with Gasteiger partial charge in [0.1, 0.15) is 12.6 Å². The summed E-state index contributed by atoms with van der Waals surface area (Å²) < 4.78 is 5.72. The van der Waals surface area contributed by atoms with Crippen LogP contribution in [0.2, 0.25) is 0 Å². The predicted octanol–water partition coefficient (Wildman–Crippen LogP) is 8.11. The number of hydrogen-bond acceptors (Lipinski definition) is 4. The monoisotopic (exact) mass is 511 g/mol. The first kappa shape index (κ1) is 34.4. The van der Waals surface area contributed by atoms with Crippen LogP contribution in [0.15, 0.2) is 0 Å². The number of carbonyl (C=O) groups excluding carboxylic acids is 2. The number of carbonyl (C=O) groups is 3. The fraction of sp³-hybridized carbons (Fsp3) is 0.900.